The molecule has 0 saturated carbocycles. The molecule has 136 valence electrons. The van der Waals surface area contributed by atoms with E-state index in [9.17, 15) is 14.0 Å². The van der Waals surface area contributed by atoms with Crippen LogP contribution in [0.3, 0.4) is 0 Å². The van der Waals surface area contributed by atoms with Gasteiger partial charge in [0.15, 0.2) is 5.96 Å². The second-order valence-electron chi connectivity index (χ2n) is 7.64. The summed E-state index contributed by atoms with van der Waals surface area (Å²) in [5.74, 6) is -0.672. The molecule has 0 radical (unpaired) electrons. The first-order valence-electron chi connectivity index (χ1n) is 8.37. The number of benzene rings is 1. The van der Waals surface area contributed by atoms with Crippen LogP contribution in [0.2, 0.25) is 0 Å². The molecule has 2 rings (SSSR count). The molecule has 0 spiro atoms. The van der Waals surface area contributed by atoms with E-state index in [1.165, 1.54) is 11.0 Å². The number of Topliss-reactive ketones (excluding diaryl/α,β-unsaturated/α-hetero) is 1. The highest BCUT2D eigenvalue weighted by Gasteiger charge is 2.53. The van der Waals surface area contributed by atoms with Gasteiger partial charge in [0.2, 0.25) is 5.91 Å². The summed E-state index contributed by atoms with van der Waals surface area (Å²) >= 11 is 0. The number of ketones is 1. The second kappa shape index (κ2) is 6.24. The zero-order valence-corrected chi connectivity index (χ0v) is 15.7. The van der Waals surface area contributed by atoms with Crippen LogP contribution in [0.1, 0.15) is 45.7 Å². The summed E-state index contributed by atoms with van der Waals surface area (Å²) in [6.45, 7) is 8.83. The highest BCUT2D eigenvalue weighted by atomic mass is 19.1. The van der Waals surface area contributed by atoms with E-state index in [4.69, 9.17) is 5.73 Å². The normalized spacial score (nSPS) is 23.0. The van der Waals surface area contributed by atoms with E-state index in [1.54, 1.807) is 40.0 Å². The molecule has 1 heterocycles. The molecular formula is C19H26FN3O2. The van der Waals surface area contributed by atoms with Gasteiger partial charge in [0.25, 0.3) is 0 Å². The van der Waals surface area contributed by atoms with E-state index in [0.29, 0.717) is 5.56 Å². The third-order valence-corrected chi connectivity index (χ3v) is 5.32. The number of guanidine groups is 1. The Kier molecular flexibility index (Phi) is 4.77. The van der Waals surface area contributed by atoms with Crippen LogP contribution in [0.15, 0.2) is 23.2 Å². The van der Waals surface area contributed by atoms with Crippen LogP contribution in [0, 0.1) is 17.2 Å². The van der Waals surface area contributed by atoms with Crippen molar-refractivity contribution in [1.82, 2.24) is 4.90 Å². The number of carbonyl (C=O) groups is 2. The quantitative estimate of drug-likeness (QED) is 0.910. The van der Waals surface area contributed by atoms with Gasteiger partial charge >= 0.3 is 0 Å². The number of halogens is 1. The maximum absolute atomic E-state index is 14.7. The predicted molar refractivity (Wildman–Crippen MR) is 95.5 cm³/mol. The van der Waals surface area contributed by atoms with Crippen LogP contribution in [0.5, 0.6) is 0 Å². The topological polar surface area (TPSA) is 75.8 Å². The fraction of sp³-hybridized carbons (Fsp3) is 0.526. The summed E-state index contributed by atoms with van der Waals surface area (Å²) in [5.41, 5.74) is 4.71. The minimum Gasteiger partial charge on any atom is -0.369 e. The lowest BCUT2D eigenvalue weighted by atomic mass is 9.67. The number of aliphatic imine (C=N–C) groups is 1. The van der Waals surface area contributed by atoms with Gasteiger partial charge in [0, 0.05) is 24.9 Å². The molecule has 0 unspecified atom stereocenters. The SMILES string of the molecule is CC(C)C(=O)Cc1ccc(F)c([C@@]2(C)N=C(N)N(C)C(=O)C2(C)C)c1. The van der Waals surface area contributed by atoms with Gasteiger partial charge in [-0.2, -0.15) is 0 Å². The Morgan fingerprint density at radius 1 is 1.32 bits per heavy atom. The number of hydrogen-bond donors (Lipinski definition) is 1. The molecule has 25 heavy (non-hydrogen) atoms. The molecule has 1 aliphatic rings. The van der Waals surface area contributed by atoms with Gasteiger partial charge in [0.1, 0.15) is 17.1 Å². The molecule has 1 aromatic rings. The first-order chi connectivity index (χ1) is 11.4. The van der Waals surface area contributed by atoms with Gasteiger partial charge < -0.3 is 5.73 Å². The highest BCUT2D eigenvalue weighted by Crippen LogP contribution is 2.47. The molecule has 0 aliphatic carbocycles. The summed E-state index contributed by atoms with van der Waals surface area (Å²) in [5, 5.41) is 0. The second-order valence-corrected chi connectivity index (χ2v) is 7.64. The molecule has 0 fully saturated rings. The fourth-order valence-electron chi connectivity index (χ4n) is 3.03. The van der Waals surface area contributed by atoms with Gasteiger partial charge in [-0.1, -0.05) is 19.9 Å². The van der Waals surface area contributed by atoms with Crippen LogP contribution < -0.4 is 5.73 Å². The zero-order chi connectivity index (χ0) is 19.2. The molecule has 0 aromatic heterocycles. The zero-order valence-electron chi connectivity index (χ0n) is 15.7. The first kappa shape index (κ1) is 19.1. The van der Waals surface area contributed by atoms with E-state index in [2.05, 4.69) is 4.99 Å². The van der Waals surface area contributed by atoms with Gasteiger partial charge in [-0.05, 0) is 38.5 Å². The lowest BCUT2D eigenvalue weighted by Crippen LogP contribution is -2.58. The largest absolute Gasteiger partial charge is 0.369 e. The third-order valence-electron chi connectivity index (χ3n) is 5.32. The van der Waals surface area contributed by atoms with Crippen molar-refractivity contribution in [2.24, 2.45) is 22.1 Å². The summed E-state index contributed by atoms with van der Waals surface area (Å²) in [6, 6.07) is 4.56. The van der Waals surface area contributed by atoms with Crippen molar-refractivity contribution in [2.45, 2.75) is 46.6 Å². The summed E-state index contributed by atoms with van der Waals surface area (Å²) in [4.78, 5) is 30.5. The van der Waals surface area contributed by atoms with E-state index < -0.39 is 16.8 Å². The minimum atomic E-state index is -1.17. The maximum atomic E-state index is 14.7. The summed E-state index contributed by atoms with van der Waals surface area (Å²) in [7, 11) is 1.55. The fourth-order valence-corrected chi connectivity index (χ4v) is 3.03. The van der Waals surface area contributed by atoms with Crippen molar-refractivity contribution in [3.63, 3.8) is 0 Å². The standard InChI is InChI=1S/C19H26FN3O2/c1-11(2)15(24)10-12-7-8-14(20)13(9-12)19(5)18(3,4)16(25)23(6)17(21)22-19/h7-9,11H,10H2,1-6H3,(H2,21,22)/t19-/m1/s1. The Balaban J connectivity index is 2.59. The molecule has 1 atom stereocenters. The van der Waals surface area contributed by atoms with Gasteiger partial charge in [-0.3, -0.25) is 14.5 Å². The Hall–Kier alpha value is -2.24. The number of nitrogens with zero attached hydrogens (tertiary/aromatic N) is 2. The Bertz CT molecular complexity index is 755. The van der Waals surface area contributed by atoms with Gasteiger partial charge in [-0.25, -0.2) is 9.38 Å². The molecule has 5 nitrogen and oxygen atoms in total. The first-order valence-corrected chi connectivity index (χ1v) is 8.37. The summed E-state index contributed by atoms with van der Waals surface area (Å²) < 4.78 is 14.7. The Morgan fingerprint density at radius 3 is 2.48 bits per heavy atom. The van der Waals surface area contributed by atoms with Crippen LogP contribution in [0.25, 0.3) is 0 Å². The minimum absolute atomic E-state index is 0.0508. The average molecular weight is 347 g/mol. The van der Waals surface area contributed by atoms with Gasteiger partial charge in [0.05, 0.1) is 5.41 Å². The number of rotatable bonds is 4. The smallest absolute Gasteiger partial charge is 0.237 e. The van der Waals surface area contributed by atoms with Gasteiger partial charge in [-0.15, -0.1) is 0 Å². The lowest BCUT2D eigenvalue weighted by molar-refractivity contribution is -0.140. The average Bonchev–Trinajstić information content (AvgIpc) is 2.53. The summed E-state index contributed by atoms with van der Waals surface area (Å²) in [6.07, 6.45) is 0.217. The Morgan fingerprint density at radius 2 is 1.92 bits per heavy atom. The number of hydrogen-bond acceptors (Lipinski definition) is 4. The third kappa shape index (κ3) is 3.05. The molecule has 6 heteroatoms. The van der Waals surface area contributed by atoms with Crippen molar-refractivity contribution in [3.8, 4) is 0 Å². The van der Waals surface area contributed by atoms with Crippen molar-refractivity contribution in [3.05, 3.63) is 35.1 Å². The lowest BCUT2D eigenvalue weighted by Gasteiger charge is -2.46. The van der Waals surface area contributed by atoms with Crippen molar-refractivity contribution in [2.75, 3.05) is 7.05 Å². The monoisotopic (exact) mass is 347 g/mol. The molecule has 0 bridgehead atoms. The predicted octanol–water partition coefficient (Wildman–Crippen LogP) is 2.62. The van der Waals surface area contributed by atoms with E-state index in [0.717, 1.165) is 0 Å². The van der Waals surface area contributed by atoms with Crippen LogP contribution >= 0.6 is 0 Å². The molecular weight excluding hydrogens is 321 g/mol. The molecule has 1 amide bonds. The van der Waals surface area contributed by atoms with Crippen LogP contribution in [0.4, 0.5) is 4.39 Å². The number of carbonyl (C=O) groups excluding carboxylic acids is 2. The maximum Gasteiger partial charge on any atom is 0.237 e. The Labute approximate surface area is 148 Å². The number of amides is 1. The van der Waals surface area contributed by atoms with Crippen LogP contribution in [-0.2, 0) is 21.5 Å². The molecule has 1 aromatic carbocycles. The molecule has 0 saturated heterocycles. The van der Waals surface area contributed by atoms with E-state index >= 15 is 0 Å². The highest BCUT2D eigenvalue weighted by molar-refractivity contribution is 6.01. The van der Waals surface area contributed by atoms with Crippen molar-refractivity contribution >= 4 is 17.6 Å². The molecule has 2 N–H and O–H groups in total. The van der Waals surface area contributed by atoms with E-state index in [1.807, 2.05) is 13.8 Å². The van der Waals surface area contributed by atoms with Crippen LogP contribution in [-0.4, -0.2) is 29.6 Å². The molecule has 1 aliphatic heterocycles. The number of nitrogens with two attached hydrogens (primary N) is 1. The van der Waals surface area contributed by atoms with Crippen molar-refractivity contribution in [1.29, 1.82) is 0 Å². The van der Waals surface area contributed by atoms with E-state index in [-0.39, 0.29) is 35.6 Å². The van der Waals surface area contributed by atoms with Crippen molar-refractivity contribution < 1.29 is 14.0 Å².